The molecule has 2 N–H and O–H groups in total. The summed E-state index contributed by atoms with van der Waals surface area (Å²) in [6.07, 6.45) is 2.18. The lowest BCUT2D eigenvalue weighted by Crippen LogP contribution is -2.25. The number of nitrogens with one attached hydrogen (secondary N) is 2. The molecule has 4 rings (SSSR count). The van der Waals surface area contributed by atoms with E-state index in [0.717, 1.165) is 19.4 Å². The van der Waals surface area contributed by atoms with Crippen LogP contribution in [0, 0.1) is 0 Å². The first-order chi connectivity index (χ1) is 13.2. The minimum Gasteiger partial charge on any atom is -0.491 e. The van der Waals surface area contributed by atoms with Gasteiger partial charge in [-0.15, -0.1) is 0 Å². The molecule has 140 valence electrons. The molecule has 2 aliphatic rings. The molecular weight excluding hydrogens is 348 g/mol. The molecule has 7 nitrogen and oxygen atoms in total. The van der Waals surface area contributed by atoms with E-state index in [0.29, 0.717) is 35.0 Å². The Morgan fingerprint density at radius 1 is 1.26 bits per heavy atom. The first-order valence-electron chi connectivity index (χ1n) is 8.90. The Morgan fingerprint density at radius 2 is 2.19 bits per heavy atom. The van der Waals surface area contributed by atoms with Crippen molar-refractivity contribution in [3.8, 4) is 11.5 Å². The predicted octanol–water partition coefficient (Wildman–Crippen LogP) is 2.83. The van der Waals surface area contributed by atoms with Crippen molar-refractivity contribution < 1.29 is 23.8 Å². The molecule has 1 saturated heterocycles. The van der Waals surface area contributed by atoms with Crippen molar-refractivity contribution in [2.75, 3.05) is 30.5 Å². The standard InChI is InChI=1S/C20H20N2O5/c23-19-12-27-18-7-6-14(10-17(18)22-19)21-20(24)13-3-1-4-15(9-13)26-11-16-5-2-8-25-16/h1,3-4,6-7,9-10,16H,2,5,8,11-12H2,(H,21,24)(H,22,23)/t16-/m0/s1. The highest BCUT2D eigenvalue weighted by molar-refractivity contribution is 6.05. The molecule has 27 heavy (non-hydrogen) atoms. The van der Waals surface area contributed by atoms with E-state index in [1.165, 1.54) is 0 Å². The maximum atomic E-state index is 12.5. The van der Waals surface area contributed by atoms with Crippen molar-refractivity contribution in [1.29, 1.82) is 0 Å². The Hall–Kier alpha value is -3.06. The Kier molecular flexibility index (Phi) is 4.93. The summed E-state index contributed by atoms with van der Waals surface area (Å²) in [7, 11) is 0. The molecule has 2 aromatic carbocycles. The second-order valence-electron chi connectivity index (χ2n) is 6.48. The summed E-state index contributed by atoms with van der Waals surface area (Å²) in [5.74, 6) is 0.726. The van der Waals surface area contributed by atoms with Crippen LogP contribution in [0.1, 0.15) is 23.2 Å². The Balaban J connectivity index is 1.41. The van der Waals surface area contributed by atoms with E-state index in [1.807, 2.05) is 6.07 Å². The van der Waals surface area contributed by atoms with Gasteiger partial charge in [-0.1, -0.05) is 6.07 Å². The topological polar surface area (TPSA) is 85.9 Å². The van der Waals surface area contributed by atoms with Crippen molar-refractivity contribution in [2.24, 2.45) is 0 Å². The van der Waals surface area contributed by atoms with Crippen LogP contribution in [0.15, 0.2) is 42.5 Å². The molecule has 0 aliphatic carbocycles. The fraction of sp³-hybridized carbons (Fsp3) is 0.300. The van der Waals surface area contributed by atoms with E-state index >= 15 is 0 Å². The normalized spacial score (nSPS) is 18.2. The Labute approximate surface area is 156 Å². The summed E-state index contributed by atoms with van der Waals surface area (Å²) < 4.78 is 16.6. The highest BCUT2D eigenvalue weighted by Gasteiger charge is 2.18. The van der Waals surface area contributed by atoms with E-state index < -0.39 is 0 Å². The lowest BCUT2D eigenvalue weighted by molar-refractivity contribution is -0.118. The number of hydrogen-bond acceptors (Lipinski definition) is 5. The first-order valence-corrected chi connectivity index (χ1v) is 8.90. The second-order valence-corrected chi connectivity index (χ2v) is 6.48. The monoisotopic (exact) mass is 368 g/mol. The van der Waals surface area contributed by atoms with Crippen molar-refractivity contribution in [3.05, 3.63) is 48.0 Å². The van der Waals surface area contributed by atoms with Crippen molar-refractivity contribution in [1.82, 2.24) is 0 Å². The van der Waals surface area contributed by atoms with Gasteiger partial charge in [0.2, 0.25) is 0 Å². The highest BCUT2D eigenvalue weighted by Crippen LogP contribution is 2.30. The minimum absolute atomic E-state index is 0.00258. The third-order valence-corrected chi connectivity index (χ3v) is 4.43. The smallest absolute Gasteiger partial charge is 0.262 e. The number of fused-ring (bicyclic) bond motifs is 1. The fourth-order valence-corrected chi connectivity index (χ4v) is 3.06. The summed E-state index contributed by atoms with van der Waals surface area (Å²) in [6, 6.07) is 12.1. The van der Waals surface area contributed by atoms with Crippen LogP contribution in [0.3, 0.4) is 0 Å². The number of rotatable bonds is 5. The summed E-state index contributed by atoms with van der Waals surface area (Å²) in [4.78, 5) is 24.0. The van der Waals surface area contributed by atoms with Crippen LogP contribution in [0.4, 0.5) is 11.4 Å². The van der Waals surface area contributed by atoms with E-state index in [1.54, 1.807) is 36.4 Å². The number of hydrogen-bond donors (Lipinski definition) is 2. The van der Waals surface area contributed by atoms with Gasteiger partial charge in [0.15, 0.2) is 6.61 Å². The maximum absolute atomic E-state index is 12.5. The number of benzene rings is 2. The van der Waals surface area contributed by atoms with Crippen LogP contribution in [-0.4, -0.2) is 37.7 Å². The van der Waals surface area contributed by atoms with Crippen LogP contribution in [0.5, 0.6) is 11.5 Å². The van der Waals surface area contributed by atoms with E-state index in [-0.39, 0.29) is 24.5 Å². The van der Waals surface area contributed by atoms with E-state index in [9.17, 15) is 9.59 Å². The number of anilines is 2. The molecule has 2 aliphatic heterocycles. The molecule has 0 unspecified atom stereocenters. The molecule has 0 radical (unpaired) electrons. The zero-order chi connectivity index (χ0) is 18.6. The molecule has 2 heterocycles. The highest BCUT2D eigenvalue weighted by atomic mass is 16.5. The van der Waals surface area contributed by atoms with Gasteiger partial charge in [0, 0.05) is 17.9 Å². The zero-order valence-corrected chi connectivity index (χ0v) is 14.7. The van der Waals surface area contributed by atoms with Gasteiger partial charge in [-0.3, -0.25) is 9.59 Å². The van der Waals surface area contributed by atoms with E-state index in [4.69, 9.17) is 14.2 Å². The Bertz CT molecular complexity index is 861. The molecule has 1 fully saturated rings. The van der Waals surface area contributed by atoms with Crippen molar-refractivity contribution >= 4 is 23.2 Å². The molecule has 7 heteroatoms. The summed E-state index contributed by atoms with van der Waals surface area (Å²) in [5.41, 5.74) is 1.59. The quantitative estimate of drug-likeness (QED) is 0.848. The molecule has 1 atom stereocenters. The molecule has 0 bridgehead atoms. The fourth-order valence-electron chi connectivity index (χ4n) is 3.06. The predicted molar refractivity (Wildman–Crippen MR) is 99.4 cm³/mol. The van der Waals surface area contributed by atoms with E-state index in [2.05, 4.69) is 10.6 Å². The van der Waals surface area contributed by atoms with Crippen LogP contribution in [-0.2, 0) is 9.53 Å². The molecular formula is C20H20N2O5. The van der Waals surface area contributed by atoms with Crippen LogP contribution in [0.2, 0.25) is 0 Å². The summed E-state index contributed by atoms with van der Waals surface area (Å²) >= 11 is 0. The number of ether oxygens (including phenoxy) is 3. The summed E-state index contributed by atoms with van der Waals surface area (Å²) in [6.45, 7) is 1.26. The third-order valence-electron chi connectivity index (χ3n) is 4.43. The van der Waals surface area contributed by atoms with Crippen LogP contribution >= 0.6 is 0 Å². The van der Waals surface area contributed by atoms with Gasteiger partial charge in [-0.2, -0.15) is 0 Å². The van der Waals surface area contributed by atoms with Gasteiger partial charge in [-0.05, 0) is 49.2 Å². The lowest BCUT2D eigenvalue weighted by Gasteiger charge is -2.18. The Morgan fingerprint density at radius 3 is 3.04 bits per heavy atom. The van der Waals surface area contributed by atoms with Gasteiger partial charge < -0.3 is 24.8 Å². The van der Waals surface area contributed by atoms with Crippen LogP contribution < -0.4 is 20.1 Å². The van der Waals surface area contributed by atoms with Crippen molar-refractivity contribution in [3.63, 3.8) is 0 Å². The van der Waals surface area contributed by atoms with Gasteiger partial charge in [-0.25, -0.2) is 0 Å². The zero-order valence-electron chi connectivity index (χ0n) is 14.7. The van der Waals surface area contributed by atoms with Crippen LogP contribution in [0.25, 0.3) is 0 Å². The largest absolute Gasteiger partial charge is 0.491 e. The SMILES string of the molecule is O=C1COc2ccc(NC(=O)c3cccc(OC[C@@H]4CCCO4)c3)cc2N1. The summed E-state index contributed by atoms with van der Waals surface area (Å²) in [5, 5.41) is 5.54. The number of amides is 2. The van der Waals surface area contributed by atoms with Gasteiger partial charge in [0.1, 0.15) is 18.1 Å². The van der Waals surface area contributed by atoms with Crippen molar-refractivity contribution in [2.45, 2.75) is 18.9 Å². The van der Waals surface area contributed by atoms with Gasteiger partial charge in [0.05, 0.1) is 11.8 Å². The third kappa shape index (κ3) is 4.20. The average Bonchev–Trinajstić information content (AvgIpc) is 3.20. The maximum Gasteiger partial charge on any atom is 0.262 e. The van der Waals surface area contributed by atoms with Gasteiger partial charge >= 0.3 is 0 Å². The molecule has 0 aromatic heterocycles. The second kappa shape index (κ2) is 7.67. The number of carbonyl (C=O) groups is 2. The molecule has 2 aromatic rings. The molecule has 2 amide bonds. The lowest BCUT2D eigenvalue weighted by atomic mass is 10.2. The first kappa shape index (κ1) is 17.4. The average molecular weight is 368 g/mol. The number of carbonyl (C=O) groups excluding carboxylic acids is 2. The van der Waals surface area contributed by atoms with Gasteiger partial charge in [0.25, 0.3) is 11.8 Å². The molecule has 0 saturated carbocycles. The minimum atomic E-state index is -0.263. The molecule has 0 spiro atoms.